The monoisotopic (exact) mass is 638 g/mol. The molecule has 0 atom stereocenters. The van der Waals surface area contributed by atoms with Gasteiger partial charge in [-0.3, -0.25) is 14.9 Å². The van der Waals surface area contributed by atoms with Gasteiger partial charge in [0.2, 0.25) is 0 Å². The van der Waals surface area contributed by atoms with Gasteiger partial charge >= 0.3 is 6.03 Å². The van der Waals surface area contributed by atoms with Crippen molar-refractivity contribution >= 4 is 83.8 Å². The number of imide groups is 2. The van der Waals surface area contributed by atoms with Gasteiger partial charge in [-0.15, -0.1) is 0 Å². The quantitative estimate of drug-likeness (QED) is 0.184. The molecule has 0 aliphatic carbocycles. The molecule has 6 nitrogen and oxygen atoms in total. The predicted octanol–water partition coefficient (Wildman–Crippen LogP) is 7.26. The van der Waals surface area contributed by atoms with Crippen LogP contribution in [0.15, 0.2) is 93.4 Å². The zero-order valence-corrected chi connectivity index (χ0v) is 22.9. The smallest absolute Gasteiger partial charge is 0.335 e. The van der Waals surface area contributed by atoms with E-state index in [1.54, 1.807) is 24.3 Å². The summed E-state index contributed by atoms with van der Waals surface area (Å²) in [5.41, 5.74) is 1.71. The number of anilines is 1. The number of hydrogen-bond donors (Lipinski definition) is 1. The Labute approximate surface area is 234 Å². The van der Waals surface area contributed by atoms with Crippen molar-refractivity contribution in [3.8, 4) is 5.75 Å². The van der Waals surface area contributed by atoms with Gasteiger partial charge in [0.05, 0.1) is 14.6 Å². The first-order valence-electron chi connectivity index (χ1n) is 11.1. The largest absolute Gasteiger partial charge is 0.487 e. The number of urea groups is 1. The number of nitrogens with one attached hydrogen (secondary N) is 1. The van der Waals surface area contributed by atoms with Crippen molar-refractivity contribution in [2.24, 2.45) is 0 Å². The second-order valence-electron chi connectivity index (χ2n) is 8.17. The molecule has 1 aliphatic heterocycles. The van der Waals surface area contributed by atoms with Crippen LogP contribution in [0.3, 0.4) is 0 Å². The second kappa shape index (κ2) is 10.5. The number of ether oxygens (including phenoxy) is 1. The minimum Gasteiger partial charge on any atom is -0.487 e. The number of carbonyl (C=O) groups is 3. The van der Waals surface area contributed by atoms with Gasteiger partial charge in [-0.25, -0.2) is 9.69 Å². The maximum Gasteiger partial charge on any atom is 0.335 e. The average Bonchev–Trinajstić information content (AvgIpc) is 2.87. The van der Waals surface area contributed by atoms with E-state index in [0.29, 0.717) is 37.6 Å². The summed E-state index contributed by atoms with van der Waals surface area (Å²) in [6, 6.07) is 23.0. The lowest BCUT2D eigenvalue weighted by atomic mass is 10.1. The van der Waals surface area contributed by atoms with Crippen LogP contribution in [-0.4, -0.2) is 17.8 Å². The van der Waals surface area contributed by atoms with Gasteiger partial charge in [0.1, 0.15) is 17.9 Å². The van der Waals surface area contributed by atoms with Crippen molar-refractivity contribution in [3.05, 3.63) is 110 Å². The molecule has 0 unspecified atom stereocenters. The molecular weight excluding hydrogens is 624 g/mol. The normalized spacial score (nSPS) is 14.8. The summed E-state index contributed by atoms with van der Waals surface area (Å²) in [6.45, 7) is 0.345. The molecular formula is C28H17Br2ClN2O4. The molecule has 0 saturated carbocycles. The van der Waals surface area contributed by atoms with E-state index >= 15 is 0 Å². The fourth-order valence-electron chi connectivity index (χ4n) is 4.02. The van der Waals surface area contributed by atoms with E-state index < -0.39 is 17.8 Å². The predicted molar refractivity (Wildman–Crippen MR) is 151 cm³/mol. The van der Waals surface area contributed by atoms with Gasteiger partial charge in [0.25, 0.3) is 11.8 Å². The summed E-state index contributed by atoms with van der Waals surface area (Å²) in [6.07, 6.45) is 1.43. The number of rotatable bonds is 5. The Balaban J connectivity index is 1.41. The molecule has 4 aromatic carbocycles. The van der Waals surface area contributed by atoms with Gasteiger partial charge in [0.15, 0.2) is 0 Å². The number of barbiturate groups is 1. The molecule has 1 fully saturated rings. The third kappa shape index (κ3) is 5.18. The van der Waals surface area contributed by atoms with Crippen LogP contribution in [0.2, 0.25) is 5.02 Å². The molecule has 0 aromatic heterocycles. The lowest BCUT2D eigenvalue weighted by Crippen LogP contribution is -2.54. The van der Waals surface area contributed by atoms with Crippen LogP contribution < -0.4 is 15.0 Å². The zero-order valence-electron chi connectivity index (χ0n) is 19.0. The van der Waals surface area contributed by atoms with Crippen LogP contribution in [-0.2, 0) is 16.2 Å². The molecule has 0 spiro atoms. The Morgan fingerprint density at radius 3 is 2.30 bits per heavy atom. The standard InChI is InChI=1S/C28H17Br2ClN2O4/c29-23-13-16(12-22-26(34)32-28(36)33(27(22)35)20-10-8-19(31)9-11-20)14-24(30)25(23)37-15-18-6-3-5-17-4-1-2-7-21(17)18/h1-14H,15H2,(H,32,34,36)/b22-12+. The SMILES string of the molecule is O=C1NC(=O)N(c2ccc(Cl)cc2)C(=O)/C1=C/c1cc(Br)c(OCc2cccc3ccccc23)c(Br)c1. The maximum absolute atomic E-state index is 13.1. The number of carbonyl (C=O) groups excluding carboxylic acids is 3. The molecule has 37 heavy (non-hydrogen) atoms. The number of nitrogens with zero attached hydrogens (tertiary/aromatic N) is 1. The summed E-state index contributed by atoms with van der Waals surface area (Å²) in [5.74, 6) is -0.934. The molecule has 4 aromatic rings. The van der Waals surface area contributed by atoms with Crippen LogP contribution in [0.4, 0.5) is 10.5 Å². The molecule has 1 N–H and O–H groups in total. The highest BCUT2D eigenvalue weighted by Gasteiger charge is 2.36. The first kappa shape index (κ1) is 25.2. The van der Waals surface area contributed by atoms with Crippen molar-refractivity contribution < 1.29 is 19.1 Å². The van der Waals surface area contributed by atoms with Gasteiger partial charge < -0.3 is 4.74 Å². The van der Waals surface area contributed by atoms with Crippen LogP contribution in [0.5, 0.6) is 5.75 Å². The topological polar surface area (TPSA) is 75.7 Å². The fourth-order valence-corrected chi connectivity index (χ4v) is 5.59. The van der Waals surface area contributed by atoms with E-state index in [9.17, 15) is 14.4 Å². The molecule has 5 rings (SSSR count). The summed E-state index contributed by atoms with van der Waals surface area (Å²) < 4.78 is 7.38. The first-order chi connectivity index (χ1) is 17.8. The van der Waals surface area contributed by atoms with Crippen molar-refractivity contribution in [1.82, 2.24) is 5.32 Å². The minimum atomic E-state index is -0.825. The summed E-state index contributed by atoms with van der Waals surface area (Å²) in [5, 5.41) is 4.91. The van der Waals surface area contributed by atoms with Crippen LogP contribution in [0.1, 0.15) is 11.1 Å². The Morgan fingerprint density at radius 2 is 1.57 bits per heavy atom. The molecule has 9 heteroatoms. The summed E-state index contributed by atoms with van der Waals surface area (Å²) in [4.78, 5) is 39.0. The van der Waals surface area contributed by atoms with E-state index in [4.69, 9.17) is 16.3 Å². The highest BCUT2D eigenvalue weighted by atomic mass is 79.9. The molecule has 1 saturated heterocycles. The van der Waals surface area contributed by atoms with Crippen LogP contribution in [0, 0.1) is 0 Å². The van der Waals surface area contributed by atoms with E-state index in [2.05, 4.69) is 55.4 Å². The molecule has 1 aliphatic rings. The van der Waals surface area contributed by atoms with Gasteiger partial charge in [-0.05, 0) is 96.2 Å². The molecule has 184 valence electrons. The van der Waals surface area contributed by atoms with E-state index in [1.165, 1.54) is 18.2 Å². The lowest BCUT2D eigenvalue weighted by molar-refractivity contribution is -0.122. The molecule has 4 amide bonds. The minimum absolute atomic E-state index is 0.183. The van der Waals surface area contributed by atoms with Crippen molar-refractivity contribution in [1.29, 1.82) is 0 Å². The Bertz CT molecular complexity index is 1570. The lowest BCUT2D eigenvalue weighted by Gasteiger charge is -2.26. The van der Waals surface area contributed by atoms with E-state index in [0.717, 1.165) is 21.2 Å². The van der Waals surface area contributed by atoms with Gasteiger partial charge in [-0.1, -0.05) is 54.1 Å². The number of hydrogen-bond acceptors (Lipinski definition) is 4. The van der Waals surface area contributed by atoms with E-state index in [1.807, 2.05) is 24.3 Å². The third-order valence-corrected chi connectivity index (χ3v) is 7.20. The average molecular weight is 641 g/mol. The maximum atomic E-state index is 13.1. The number of halogens is 3. The van der Waals surface area contributed by atoms with Crippen molar-refractivity contribution in [3.63, 3.8) is 0 Å². The van der Waals surface area contributed by atoms with Gasteiger partial charge in [0, 0.05) is 5.02 Å². The number of amides is 4. The summed E-state index contributed by atoms with van der Waals surface area (Å²) >= 11 is 13.0. The number of fused-ring (bicyclic) bond motifs is 1. The Hall–Kier alpha value is -3.46. The fraction of sp³-hybridized carbons (Fsp3) is 0.0357. The zero-order chi connectivity index (χ0) is 26.1. The van der Waals surface area contributed by atoms with Gasteiger partial charge in [-0.2, -0.15) is 0 Å². The summed E-state index contributed by atoms with van der Waals surface area (Å²) in [7, 11) is 0. The highest BCUT2D eigenvalue weighted by molar-refractivity contribution is 9.11. The third-order valence-electron chi connectivity index (χ3n) is 5.77. The molecule has 0 bridgehead atoms. The Kier molecular flexibility index (Phi) is 7.15. The second-order valence-corrected chi connectivity index (χ2v) is 10.3. The van der Waals surface area contributed by atoms with Crippen molar-refractivity contribution in [2.45, 2.75) is 6.61 Å². The van der Waals surface area contributed by atoms with Crippen LogP contribution in [0.25, 0.3) is 16.8 Å². The number of benzene rings is 4. The van der Waals surface area contributed by atoms with Crippen molar-refractivity contribution in [2.75, 3.05) is 4.90 Å². The molecule has 1 heterocycles. The molecule has 0 radical (unpaired) electrons. The van der Waals surface area contributed by atoms with Crippen LogP contribution >= 0.6 is 43.5 Å². The Morgan fingerprint density at radius 1 is 0.892 bits per heavy atom. The highest BCUT2D eigenvalue weighted by Crippen LogP contribution is 2.37. The first-order valence-corrected chi connectivity index (χ1v) is 13.0. The van der Waals surface area contributed by atoms with E-state index in [-0.39, 0.29) is 5.57 Å².